The average molecular weight is 310 g/mol. The van der Waals surface area contributed by atoms with Crippen LogP contribution in [-0.2, 0) is 14.3 Å². The lowest BCUT2D eigenvalue weighted by atomic mass is 10.1. The summed E-state index contributed by atoms with van der Waals surface area (Å²) in [4.78, 5) is 34.5. The van der Waals surface area contributed by atoms with Crippen molar-refractivity contribution in [2.45, 2.75) is 12.5 Å². The summed E-state index contributed by atoms with van der Waals surface area (Å²) in [5.74, 6) is -1.09. The molecule has 0 aliphatic heterocycles. The van der Waals surface area contributed by atoms with E-state index in [2.05, 4.69) is 5.32 Å². The number of nitrogens with one attached hydrogen (secondary N) is 1. The van der Waals surface area contributed by atoms with Crippen LogP contribution in [-0.4, -0.2) is 42.4 Å². The standard InChI is InChI=1S/C14H18N2O4S/c1-21-8-7-11(14(19)20-9-12(15)17)16-13(18)10-5-3-2-4-6-10/h2-6,11H,7-9H2,1H3,(H2,15,17)(H,16,18)/t11-/m0/s1. The molecule has 1 aromatic carbocycles. The number of nitrogens with two attached hydrogens (primary N) is 1. The van der Waals surface area contributed by atoms with Gasteiger partial charge in [-0.25, -0.2) is 4.79 Å². The molecule has 1 rings (SSSR count). The van der Waals surface area contributed by atoms with Crippen LogP contribution in [0.1, 0.15) is 16.8 Å². The second-order valence-corrected chi connectivity index (χ2v) is 5.23. The molecule has 0 heterocycles. The van der Waals surface area contributed by atoms with Crippen molar-refractivity contribution in [3.8, 4) is 0 Å². The van der Waals surface area contributed by atoms with Crippen molar-refractivity contribution in [1.29, 1.82) is 0 Å². The van der Waals surface area contributed by atoms with Crippen LogP contribution in [0.2, 0.25) is 0 Å². The minimum atomic E-state index is -0.801. The van der Waals surface area contributed by atoms with E-state index in [1.54, 1.807) is 42.1 Å². The second-order valence-electron chi connectivity index (χ2n) is 4.25. The van der Waals surface area contributed by atoms with Gasteiger partial charge in [0.1, 0.15) is 6.04 Å². The van der Waals surface area contributed by atoms with Crippen molar-refractivity contribution < 1.29 is 19.1 Å². The van der Waals surface area contributed by atoms with Crippen LogP contribution in [0.15, 0.2) is 30.3 Å². The largest absolute Gasteiger partial charge is 0.454 e. The van der Waals surface area contributed by atoms with Gasteiger partial charge in [0.25, 0.3) is 11.8 Å². The molecule has 0 unspecified atom stereocenters. The van der Waals surface area contributed by atoms with Gasteiger partial charge in [-0.15, -0.1) is 0 Å². The number of hydrogen-bond donors (Lipinski definition) is 2. The minimum Gasteiger partial charge on any atom is -0.454 e. The predicted octanol–water partition coefficient (Wildman–Crippen LogP) is 0.567. The number of hydrogen-bond acceptors (Lipinski definition) is 5. The lowest BCUT2D eigenvalue weighted by Crippen LogP contribution is -2.43. The Kier molecular flexibility index (Phi) is 7.31. The summed E-state index contributed by atoms with van der Waals surface area (Å²) in [6.07, 6.45) is 2.31. The van der Waals surface area contributed by atoms with E-state index in [0.717, 1.165) is 0 Å². The number of primary amides is 1. The summed E-state index contributed by atoms with van der Waals surface area (Å²) in [6, 6.07) is 7.76. The molecule has 0 saturated carbocycles. The summed E-state index contributed by atoms with van der Waals surface area (Å²) in [7, 11) is 0. The number of carbonyl (C=O) groups is 3. The van der Waals surface area contributed by atoms with E-state index in [4.69, 9.17) is 10.5 Å². The summed E-state index contributed by atoms with van der Waals surface area (Å²) in [5.41, 5.74) is 5.38. The molecule has 1 aromatic rings. The van der Waals surface area contributed by atoms with Gasteiger partial charge in [-0.05, 0) is 30.6 Å². The van der Waals surface area contributed by atoms with Crippen LogP contribution in [0.5, 0.6) is 0 Å². The Morgan fingerprint density at radius 3 is 2.52 bits per heavy atom. The highest BCUT2D eigenvalue weighted by Crippen LogP contribution is 2.05. The smallest absolute Gasteiger partial charge is 0.329 e. The fourth-order valence-corrected chi connectivity index (χ4v) is 2.03. The quantitative estimate of drug-likeness (QED) is 0.684. The average Bonchev–Trinajstić information content (AvgIpc) is 2.49. The Bertz CT molecular complexity index is 493. The molecule has 0 bridgehead atoms. The van der Waals surface area contributed by atoms with Crippen LogP contribution in [0.25, 0.3) is 0 Å². The number of benzene rings is 1. The maximum Gasteiger partial charge on any atom is 0.329 e. The highest BCUT2D eigenvalue weighted by molar-refractivity contribution is 7.98. The molecule has 0 spiro atoms. The topological polar surface area (TPSA) is 98.5 Å². The Balaban J connectivity index is 2.66. The molecule has 0 aromatic heterocycles. The van der Waals surface area contributed by atoms with Gasteiger partial charge in [0.2, 0.25) is 0 Å². The molecule has 21 heavy (non-hydrogen) atoms. The van der Waals surface area contributed by atoms with Crippen molar-refractivity contribution in [3.05, 3.63) is 35.9 Å². The molecule has 1 atom stereocenters. The van der Waals surface area contributed by atoms with Gasteiger partial charge in [0, 0.05) is 5.56 Å². The van der Waals surface area contributed by atoms with E-state index in [9.17, 15) is 14.4 Å². The highest BCUT2D eigenvalue weighted by Gasteiger charge is 2.22. The first kappa shape index (κ1) is 17.0. The molecule has 0 fully saturated rings. The summed E-state index contributed by atoms with van der Waals surface area (Å²) >= 11 is 1.54. The fraction of sp³-hybridized carbons (Fsp3) is 0.357. The van der Waals surface area contributed by atoms with Crippen LogP contribution >= 0.6 is 11.8 Å². The first-order valence-electron chi connectivity index (χ1n) is 6.34. The van der Waals surface area contributed by atoms with E-state index >= 15 is 0 Å². The van der Waals surface area contributed by atoms with Gasteiger partial charge in [0.15, 0.2) is 6.61 Å². The maximum absolute atomic E-state index is 12.0. The van der Waals surface area contributed by atoms with E-state index in [-0.39, 0.29) is 5.91 Å². The highest BCUT2D eigenvalue weighted by atomic mass is 32.2. The molecule has 6 nitrogen and oxygen atoms in total. The SMILES string of the molecule is CSCC[C@H](NC(=O)c1ccccc1)C(=O)OCC(N)=O. The number of carbonyl (C=O) groups excluding carboxylic acids is 3. The van der Waals surface area contributed by atoms with Crippen molar-refractivity contribution in [1.82, 2.24) is 5.32 Å². The second kappa shape index (κ2) is 9.02. The van der Waals surface area contributed by atoms with E-state index in [0.29, 0.717) is 17.7 Å². The number of ether oxygens (including phenoxy) is 1. The third-order valence-electron chi connectivity index (χ3n) is 2.59. The van der Waals surface area contributed by atoms with Crippen molar-refractivity contribution in [2.24, 2.45) is 5.73 Å². The number of rotatable bonds is 8. The Hall–Kier alpha value is -2.02. The first-order valence-corrected chi connectivity index (χ1v) is 7.73. The predicted molar refractivity (Wildman–Crippen MR) is 80.8 cm³/mol. The first-order chi connectivity index (χ1) is 10.0. The van der Waals surface area contributed by atoms with Gasteiger partial charge >= 0.3 is 5.97 Å². The molecule has 7 heteroatoms. The van der Waals surface area contributed by atoms with Crippen molar-refractivity contribution in [3.63, 3.8) is 0 Å². The van der Waals surface area contributed by atoms with Crippen molar-refractivity contribution in [2.75, 3.05) is 18.6 Å². The third-order valence-corrected chi connectivity index (χ3v) is 3.24. The minimum absolute atomic E-state index is 0.363. The molecule has 2 amide bonds. The molecule has 0 radical (unpaired) electrons. The Morgan fingerprint density at radius 2 is 1.95 bits per heavy atom. The molecular formula is C14H18N2O4S. The van der Waals surface area contributed by atoms with Crippen molar-refractivity contribution >= 4 is 29.5 Å². The zero-order chi connectivity index (χ0) is 15.7. The normalized spacial score (nSPS) is 11.5. The van der Waals surface area contributed by atoms with Gasteiger partial charge in [0.05, 0.1) is 0 Å². The van der Waals surface area contributed by atoms with Crippen LogP contribution in [0, 0.1) is 0 Å². The van der Waals surface area contributed by atoms with Crippen LogP contribution < -0.4 is 11.1 Å². The Labute approximate surface area is 127 Å². The molecule has 0 aliphatic carbocycles. The summed E-state index contributed by atoms with van der Waals surface area (Å²) < 4.78 is 4.76. The van der Waals surface area contributed by atoms with Gasteiger partial charge < -0.3 is 15.8 Å². The summed E-state index contributed by atoms with van der Waals surface area (Å²) in [6.45, 7) is -0.490. The molecule has 0 aliphatic rings. The molecule has 3 N–H and O–H groups in total. The van der Waals surface area contributed by atoms with Crippen LogP contribution in [0.3, 0.4) is 0 Å². The lowest BCUT2D eigenvalue weighted by Gasteiger charge is -2.17. The zero-order valence-corrected chi connectivity index (χ0v) is 12.5. The third kappa shape index (κ3) is 6.31. The van der Waals surface area contributed by atoms with Gasteiger partial charge in [-0.2, -0.15) is 11.8 Å². The molecule has 0 saturated heterocycles. The number of thioether (sulfide) groups is 1. The summed E-state index contributed by atoms with van der Waals surface area (Å²) in [5, 5.41) is 2.61. The molecule has 114 valence electrons. The van der Waals surface area contributed by atoms with Crippen LogP contribution in [0.4, 0.5) is 0 Å². The fourth-order valence-electron chi connectivity index (χ4n) is 1.56. The molecular weight excluding hydrogens is 292 g/mol. The number of esters is 1. The monoisotopic (exact) mass is 310 g/mol. The van der Waals surface area contributed by atoms with E-state index < -0.39 is 24.5 Å². The van der Waals surface area contributed by atoms with Gasteiger partial charge in [-0.1, -0.05) is 18.2 Å². The van der Waals surface area contributed by atoms with E-state index in [1.807, 2.05) is 6.26 Å². The van der Waals surface area contributed by atoms with E-state index in [1.165, 1.54) is 0 Å². The Morgan fingerprint density at radius 1 is 1.29 bits per heavy atom. The number of amides is 2. The lowest BCUT2D eigenvalue weighted by molar-refractivity contribution is -0.149. The van der Waals surface area contributed by atoms with Gasteiger partial charge in [-0.3, -0.25) is 9.59 Å². The zero-order valence-electron chi connectivity index (χ0n) is 11.7. The maximum atomic E-state index is 12.0.